The Hall–Kier alpha value is -6.20. The normalized spacial score (nSPS) is 11.7. The van der Waals surface area contributed by atoms with Gasteiger partial charge in [-0.05, 0) is 61.6 Å². The summed E-state index contributed by atoms with van der Waals surface area (Å²) in [4.78, 5) is 15.2. The number of fused-ring (bicyclic) bond motifs is 9. The van der Waals surface area contributed by atoms with Crippen molar-refractivity contribution in [2.24, 2.45) is 0 Å². The minimum Gasteiger partial charge on any atom is -0.456 e. The zero-order valence-electron chi connectivity index (χ0n) is 32.8. The molecule has 2 aromatic heterocycles. The molecule has 0 aliphatic rings. The fraction of sp³-hybridized carbons (Fsp3) is 0. The maximum absolute atomic E-state index is 6.56. The van der Waals surface area contributed by atoms with Crippen molar-refractivity contribution in [3.63, 3.8) is 0 Å². The van der Waals surface area contributed by atoms with Gasteiger partial charge in [-0.3, -0.25) is 0 Å². The summed E-state index contributed by atoms with van der Waals surface area (Å²) in [5.74, 6) is 1.88. The Morgan fingerprint density at radius 3 is 1.61 bits per heavy atom. The molecule has 0 N–H and O–H groups in total. The van der Waals surface area contributed by atoms with Crippen molar-refractivity contribution in [2.75, 3.05) is 0 Å². The van der Waals surface area contributed by atoms with Crippen molar-refractivity contribution in [1.82, 2.24) is 15.0 Å². The summed E-state index contributed by atoms with van der Waals surface area (Å²) >= 11 is 0. The molecule has 8 aromatic carbocycles. The number of nitrogens with zero attached hydrogens (tertiary/aromatic N) is 3. The van der Waals surface area contributed by atoms with Crippen LogP contribution in [0.4, 0.5) is 0 Å². The molecule has 0 amide bonds. The van der Waals surface area contributed by atoms with E-state index in [9.17, 15) is 0 Å². The Morgan fingerprint density at radius 1 is 0.357 bits per heavy atom. The fourth-order valence-corrected chi connectivity index (χ4v) is 9.05. The van der Waals surface area contributed by atoms with Crippen molar-refractivity contribution in [1.29, 1.82) is 0 Å². The summed E-state index contributed by atoms with van der Waals surface area (Å²) in [6.07, 6.45) is 0. The van der Waals surface area contributed by atoms with Gasteiger partial charge < -0.3 is 4.42 Å². The van der Waals surface area contributed by atoms with E-state index in [1.54, 1.807) is 0 Å². The van der Waals surface area contributed by atoms with E-state index in [0.717, 1.165) is 44.2 Å². The van der Waals surface area contributed by atoms with Gasteiger partial charge >= 0.3 is 0 Å². The Morgan fingerprint density at radius 2 is 0.946 bits per heavy atom. The zero-order valence-corrected chi connectivity index (χ0v) is 32.8. The highest BCUT2D eigenvalue weighted by atomic mass is 16.3. The number of benzene rings is 8. The first kappa shape index (κ1) is 34.3. The molecule has 10 aromatic rings. The highest BCUT2D eigenvalue weighted by molar-refractivity contribution is 6.62. The number of hydrogen-bond acceptors (Lipinski definition) is 4. The average Bonchev–Trinajstić information content (AvgIpc) is 3.59. The Balaban J connectivity index is 1.24. The van der Waals surface area contributed by atoms with Gasteiger partial charge in [0, 0.05) is 27.5 Å². The molecule has 56 heavy (non-hydrogen) atoms. The zero-order chi connectivity index (χ0) is 38.4. The van der Waals surface area contributed by atoms with E-state index in [1.807, 2.05) is 72.8 Å². The maximum atomic E-state index is 6.56. The number of furan rings is 1. The van der Waals surface area contributed by atoms with E-state index in [0.29, 0.717) is 17.5 Å². The maximum Gasteiger partial charge on any atom is 0.164 e. The summed E-state index contributed by atoms with van der Waals surface area (Å²) in [7, 11) is 15.8. The Labute approximate surface area is 332 Å². The van der Waals surface area contributed by atoms with Crippen LogP contribution in [0.15, 0.2) is 126 Å². The largest absolute Gasteiger partial charge is 0.456 e. The molecule has 2 heterocycles. The van der Waals surface area contributed by atoms with Crippen LogP contribution in [0.2, 0.25) is 0 Å². The van der Waals surface area contributed by atoms with Crippen LogP contribution in [0.1, 0.15) is 0 Å². The molecule has 0 saturated heterocycles. The molecule has 11 heteroatoms. The van der Waals surface area contributed by atoms with Crippen LogP contribution in [0.5, 0.6) is 0 Å². The predicted octanol–water partition coefficient (Wildman–Crippen LogP) is -0.293. The van der Waals surface area contributed by atoms with Gasteiger partial charge in [0.25, 0.3) is 0 Å². The summed E-state index contributed by atoms with van der Waals surface area (Å²) in [6, 6.07) is 42.7. The predicted molar refractivity (Wildman–Crippen MR) is 259 cm³/mol. The lowest BCUT2D eigenvalue weighted by Crippen LogP contribution is -2.33. The van der Waals surface area contributed by atoms with E-state index in [2.05, 4.69) is 103 Å². The molecule has 0 spiro atoms. The molecule has 0 radical (unpaired) electrons. The van der Waals surface area contributed by atoms with Crippen LogP contribution in [0, 0.1) is 0 Å². The number of hydrogen-bond donors (Lipinski definition) is 0. The lowest BCUT2D eigenvalue weighted by molar-refractivity contribution is 0.669. The van der Waals surface area contributed by atoms with Crippen LogP contribution in [-0.4, -0.2) is 69.9 Å². The summed E-state index contributed by atoms with van der Waals surface area (Å²) in [5, 5.41) is 10.1. The standard InChI is InChI=1S/C45H34B7N3O/c46-29-17-25-26(18-30(29)47)38-40(32(49)20-33(50)41(38)51)39-27(25)19-31(48)36(42(39)52)23-14-15-34-28(16-23)37-24(12-7-13-35(37)56-34)45-54-43(21-8-3-1-4-9-21)53-44(55-45)22-10-5-2-6-11-22/h1-20H,46-52H2. The minimum absolute atomic E-state index is 0.611. The molecular weight excluding hydrogens is 674 g/mol. The molecule has 0 atom stereocenters. The lowest BCUT2D eigenvalue weighted by Gasteiger charge is -2.22. The van der Waals surface area contributed by atoms with E-state index >= 15 is 0 Å². The van der Waals surface area contributed by atoms with Crippen molar-refractivity contribution in [3.05, 3.63) is 121 Å². The molecular formula is C45H34B7N3O. The van der Waals surface area contributed by atoms with Crippen LogP contribution in [0.25, 0.3) is 99.5 Å². The molecule has 256 valence electrons. The van der Waals surface area contributed by atoms with Gasteiger partial charge in [-0.15, -0.1) is 0 Å². The number of aromatic nitrogens is 3. The van der Waals surface area contributed by atoms with Crippen LogP contribution >= 0.6 is 0 Å². The Bertz CT molecular complexity index is 3220. The van der Waals surface area contributed by atoms with E-state index in [-0.39, 0.29) is 0 Å². The second kappa shape index (κ2) is 12.9. The van der Waals surface area contributed by atoms with Gasteiger partial charge in [-0.25, -0.2) is 15.0 Å². The van der Waals surface area contributed by atoms with Crippen LogP contribution in [0.3, 0.4) is 0 Å². The van der Waals surface area contributed by atoms with Gasteiger partial charge in [0.2, 0.25) is 0 Å². The van der Waals surface area contributed by atoms with Crippen molar-refractivity contribution < 1.29 is 4.42 Å². The van der Waals surface area contributed by atoms with Crippen LogP contribution in [-0.2, 0) is 0 Å². The molecule has 4 nitrogen and oxygen atoms in total. The average molecular weight is 708 g/mol. The second-order valence-electron chi connectivity index (χ2n) is 15.5. The van der Waals surface area contributed by atoms with Crippen LogP contribution < -0.4 is 38.2 Å². The monoisotopic (exact) mass is 709 g/mol. The first-order valence-electron chi connectivity index (χ1n) is 19.4. The molecule has 10 rings (SSSR count). The second-order valence-corrected chi connectivity index (χ2v) is 15.5. The van der Waals surface area contributed by atoms with E-state index in [4.69, 9.17) is 19.4 Å². The first-order valence-corrected chi connectivity index (χ1v) is 19.4. The first-order chi connectivity index (χ1) is 27.2. The lowest BCUT2D eigenvalue weighted by atomic mass is 9.67. The van der Waals surface area contributed by atoms with E-state index < -0.39 is 0 Å². The topological polar surface area (TPSA) is 51.8 Å². The van der Waals surface area contributed by atoms with Crippen molar-refractivity contribution >= 4 is 147 Å². The minimum atomic E-state index is 0.611. The summed E-state index contributed by atoms with van der Waals surface area (Å²) < 4.78 is 6.56. The smallest absolute Gasteiger partial charge is 0.164 e. The van der Waals surface area contributed by atoms with Gasteiger partial charge in [0.15, 0.2) is 17.5 Å². The van der Waals surface area contributed by atoms with Gasteiger partial charge in [0.1, 0.15) is 66.1 Å². The third kappa shape index (κ3) is 5.28. The van der Waals surface area contributed by atoms with Gasteiger partial charge in [0.05, 0.1) is 0 Å². The highest BCUT2D eigenvalue weighted by Gasteiger charge is 2.22. The molecule has 0 aliphatic carbocycles. The molecule has 0 unspecified atom stereocenters. The SMILES string of the molecule is Bc1cc2c(cc1B)c1c(B)c(B)cc(B)c1c1c(B)c(-c3ccc4oc5cccc(-c6nc(-c7ccccc7)nc(-c7ccccc7)n6)c5c4c3)c(B)cc21. The van der Waals surface area contributed by atoms with Gasteiger partial charge in [-0.1, -0.05) is 141 Å². The highest BCUT2D eigenvalue weighted by Crippen LogP contribution is 2.39. The summed E-state index contributed by atoms with van der Waals surface area (Å²) in [6.45, 7) is 0. The molecule has 0 aliphatic heterocycles. The third-order valence-corrected chi connectivity index (χ3v) is 12.0. The fourth-order valence-electron chi connectivity index (χ4n) is 9.05. The number of rotatable bonds is 4. The molecule has 0 bridgehead atoms. The summed E-state index contributed by atoms with van der Waals surface area (Å²) in [5.41, 5.74) is 16.0. The van der Waals surface area contributed by atoms with Crippen molar-refractivity contribution in [3.8, 4) is 45.3 Å². The molecule has 0 saturated carbocycles. The Kier molecular flexibility index (Phi) is 7.93. The van der Waals surface area contributed by atoms with E-state index in [1.165, 1.54) is 76.1 Å². The third-order valence-electron chi connectivity index (χ3n) is 12.0. The molecule has 0 fully saturated rings. The quantitative estimate of drug-likeness (QED) is 0.187. The van der Waals surface area contributed by atoms with Crippen molar-refractivity contribution in [2.45, 2.75) is 0 Å². The van der Waals surface area contributed by atoms with Gasteiger partial charge in [-0.2, -0.15) is 0 Å².